The molecule has 0 bridgehead atoms. The molecule has 2 nitrogen and oxygen atoms in total. The summed E-state index contributed by atoms with van der Waals surface area (Å²) < 4.78 is 1.13. The average molecular weight is 415 g/mol. The first kappa shape index (κ1) is 17.1. The molecular weight excluding hydrogens is 398 g/mol. The van der Waals surface area contributed by atoms with Gasteiger partial charge in [-0.05, 0) is 47.3 Å². The number of hydrogen-bond acceptors (Lipinski definition) is 1. The zero-order chi connectivity index (χ0) is 14.3. The minimum absolute atomic E-state index is 0.0265. The summed E-state index contributed by atoms with van der Waals surface area (Å²) in [4.78, 5) is 10.7. The Labute approximate surface area is 137 Å². The fraction of sp³-hybridized carbons (Fsp3) is 0.500. The van der Waals surface area contributed by atoms with Crippen LogP contribution in [0.2, 0.25) is 5.02 Å². The monoisotopic (exact) mass is 414 g/mol. The molecule has 1 aromatic rings. The number of alkyl halides is 2. The maximum absolute atomic E-state index is 10.7. The number of rotatable bonds is 8. The molecule has 0 aromatic heterocycles. The molecule has 106 valence electrons. The lowest BCUT2D eigenvalue weighted by Gasteiger charge is -2.13. The molecular formula is C14H17Cl2IO2. The minimum Gasteiger partial charge on any atom is -0.481 e. The third-order valence-electron chi connectivity index (χ3n) is 2.86. The van der Waals surface area contributed by atoms with Gasteiger partial charge in [0.1, 0.15) is 0 Å². The topological polar surface area (TPSA) is 37.3 Å². The smallest absolute Gasteiger partial charge is 0.304 e. The van der Waals surface area contributed by atoms with Gasteiger partial charge in [-0.3, -0.25) is 4.79 Å². The van der Waals surface area contributed by atoms with E-state index in [4.69, 9.17) is 28.3 Å². The number of aliphatic carboxylic acids is 1. The molecule has 0 spiro atoms. The fourth-order valence-corrected chi connectivity index (χ4v) is 3.10. The minimum atomic E-state index is -0.867. The van der Waals surface area contributed by atoms with E-state index in [1.165, 1.54) is 0 Å². The van der Waals surface area contributed by atoms with Crippen molar-refractivity contribution in [2.75, 3.05) is 4.43 Å². The molecule has 5 heteroatoms. The van der Waals surface area contributed by atoms with E-state index in [9.17, 15) is 4.79 Å². The van der Waals surface area contributed by atoms with Crippen LogP contribution in [0.5, 0.6) is 0 Å². The predicted molar refractivity (Wildman–Crippen MR) is 88.9 cm³/mol. The van der Waals surface area contributed by atoms with E-state index in [1.807, 2.05) is 18.2 Å². The number of carboxylic acids is 1. The molecule has 0 aliphatic rings. The van der Waals surface area contributed by atoms with Crippen LogP contribution in [-0.2, 0) is 17.6 Å². The van der Waals surface area contributed by atoms with Gasteiger partial charge >= 0.3 is 5.97 Å². The molecule has 1 unspecified atom stereocenters. The quantitative estimate of drug-likeness (QED) is 0.379. The van der Waals surface area contributed by atoms with Crippen molar-refractivity contribution < 1.29 is 9.90 Å². The molecule has 0 aliphatic carbocycles. The first-order valence-electron chi connectivity index (χ1n) is 6.22. The van der Waals surface area contributed by atoms with Gasteiger partial charge in [-0.2, -0.15) is 0 Å². The molecule has 1 aromatic carbocycles. The lowest BCUT2D eigenvalue weighted by molar-refractivity contribution is -0.137. The Morgan fingerprint density at radius 2 is 2.11 bits per heavy atom. The highest BCUT2D eigenvalue weighted by Gasteiger charge is 2.14. The van der Waals surface area contributed by atoms with Gasteiger partial charge in [0.05, 0.1) is 6.42 Å². The number of benzene rings is 1. The highest BCUT2D eigenvalue weighted by atomic mass is 127. The van der Waals surface area contributed by atoms with Crippen molar-refractivity contribution in [3.63, 3.8) is 0 Å². The van der Waals surface area contributed by atoms with Crippen molar-refractivity contribution in [1.29, 1.82) is 0 Å². The van der Waals surface area contributed by atoms with Crippen LogP contribution in [0.3, 0.4) is 0 Å². The molecule has 1 atom stereocenters. The molecule has 0 saturated heterocycles. The fourth-order valence-electron chi connectivity index (χ4n) is 1.97. The molecule has 19 heavy (non-hydrogen) atoms. The Morgan fingerprint density at radius 3 is 2.74 bits per heavy atom. The van der Waals surface area contributed by atoms with Crippen molar-refractivity contribution in [3.05, 3.63) is 34.3 Å². The molecule has 0 saturated carbocycles. The Hall–Kier alpha value is -0.000000000000000111. The molecule has 1 rings (SSSR count). The van der Waals surface area contributed by atoms with Crippen LogP contribution in [0, 0.1) is 0 Å². The molecule has 0 fully saturated rings. The van der Waals surface area contributed by atoms with E-state index >= 15 is 0 Å². The first-order valence-corrected chi connectivity index (χ1v) is 8.56. The largest absolute Gasteiger partial charge is 0.481 e. The van der Waals surface area contributed by atoms with Crippen molar-refractivity contribution in [2.24, 2.45) is 0 Å². The van der Waals surface area contributed by atoms with Crippen LogP contribution in [0.4, 0.5) is 0 Å². The number of halogens is 3. The number of hydrogen-bond donors (Lipinski definition) is 1. The van der Waals surface area contributed by atoms with Crippen molar-refractivity contribution >= 4 is 51.8 Å². The van der Waals surface area contributed by atoms with Crippen LogP contribution in [0.25, 0.3) is 0 Å². The molecule has 1 N–H and O–H groups in total. The maximum atomic E-state index is 10.7. The first-order chi connectivity index (χ1) is 9.04. The van der Waals surface area contributed by atoms with Crippen LogP contribution >= 0.6 is 45.8 Å². The molecule has 0 amide bonds. The summed E-state index contributed by atoms with van der Waals surface area (Å²) in [6.07, 6.45) is 3.69. The summed E-state index contributed by atoms with van der Waals surface area (Å²) >= 11 is 14.7. The standard InChI is InChI=1S/C14H17Cl2IO2/c15-11(9-14(18)19)8-10-4-3-6-13(16)12(10)5-1-2-7-17/h3-4,6,11H,1-2,5,7-9H2,(H,18,19). The van der Waals surface area contributed by atoms with Crippen LogP contribution in [0.15, 0.2) is 18.2 Å². The van der Waals surface area contributed by atoms with Gasteiger partial charge in [0, 0.05) is 10.4 Å². The predicted octanol–water partition coefficient (Wildman–Crippen LogP) is 4.72. The van der Waals surface area contributed by atoms with Gasteiger partial charge < -0.3 is 5.11 Å². The highest BCUT2D eigenvalue weighted by molar-refractivity contribution is 14.1. The Kier molecular flexibility index (Phi) is 8.11. The Morgan fingerprint density at radius 1 is 1.37 bits per heavy atom. The van der Waals surface area contributed by atoms with E-state index < -0.39 is 5.97 Å². The van der Waals surface area contributed by atoms with E-state index in [1.54, 1.807) is 0 Å². The Balaban J connectivity index is 2.75. The van der Waals surface area contributed by atoms with E-state index in [-0.39, 0.29) is 11.8 Å². The number of unbranched alkanes of at least 4 members (excludes halogenated alkanes) is 1. The van der Waals surface area contributed by atoms with Gasteiger partial charge in [0.15, 0.2) is 0 Å². The van der Waals surface area contributed by atoms with Crippen molar-refractivity contribution in [1.82, 2.24) is 0 Å². The average Bonchev–Trinajstić information content (AvgIpc) is 2.31. The second-order valence-electron chi connectivity index (χ2n) is 4.42. The van der Waals surface area contributed by atoms with Crippen LogP contribution in [-0.4, -0.2) is 20.9 Å². The van der Waals surface area contributed by atoms with Crippen molar-refractivity contribution in [2.45, 2.75) is 37.5 Å². The summed E-state index contributed by atoms with van der Waals surface area (Å²) in [6.45, 7) is 0. The lowest BCUT2D eigenvalue weighted by Crippen LogP contribution is -2.11. The number of carboxylic acid groups (broad SMARTS) is 1. The zero-order valence-corrected chi connectivity index (χ0v) is 14.2. The summed E-state index contributed by atoms with van der Waals surface area (Å²) in [5.41, 5.74) is 2.19. The maximum Gasteiger partial charge on any atom is 0.304 e. The van der Waals surface area contributed by atoms with Gasteiger partial charge in [-0.15, -0.1) is 11.6 Å². The SMILES string of the molecule is O=C(O)CC(Cl)Cc1cccc(Cl)c1CCCCI. The van der Waals surface area contributed by atoms with Gasteiger partial charge in [-0.1, -0.05) is 46.3 Å². The van der Waals surface area contributed by atoms with Crippen LogP contribution in [0.1, 0.15) is 30.4 Å². The second-order valence-corrected chi connectivity index (χ2v) is 6.53. The molecule has 0 aliphatic heterocycles. The Bertz CT molecular complexity index is 424. The van der Waals surface area contributed by atoms with E-state index in [2.05, 4.69) is 22.6 Å². The van der Waals surface area contributed by atoms with Crippen LogP contribution < -0.4 is 0 Å². The summed E-state index contributed by atoms with van der Waals surface area (Å²) in [6, 6.07) is 5.76. The van der Waals surface area contributed by atoms with Gasteiger partial charge in [-0.25, -0.2) is 0 Å². The van der Waals surface area contributed by atoms with Gasteiger partial charge in [0.2, 0.25) is 0 Å². The summed E-state index contributed by atoms with van der Waals surface area (Å²) in [5.74, 6) is -0.867. The zero-order valence-electron chi connectivity index (χ0n) is 10.5. The molecule has 0 heterocycles. The van der Waals surface area contributed by atoms with Crippen molar-refractivity contribution in [3.8, 4) is 0 Å². The number of carbonyl (C=O) groups is 1. The lowest BCUT2D eigenvalue weighted by atomic mass is 9.97. The van der Waals surface area contributed by atoms with Gasteiger partial charge in [0.25, 0.3) is 0 Å². The third-order valence-corrected chi connectivity index (χ3v) is 4.29. The normalized spacial score (nSPS) is 12.4. The second kappa shape index (κ2) is 9.03. The summed E-state index contributed by atoms with van der Waals surface area (Å²) in [7, 11) is 0. The third kappa shape index (κ3) is 6.32. The molecule has 0 radical (unpaired) electrons. The highest BCUT2D eigenvalue weighted by Crippen LogP contribution is 2.25. The summed E-state index contributed by atoms with van der Waals surface area (Å²) in [5, 5.41) is 9.11. The van der Waals surface area contributed by atoms with E-state index in [0.717, 1.165) is 39.8 Å². The van der Waals surface area contributed by atoms with E-state index in [0.29, 0.717) is 6.42 Å².